The summed E-state index contributed by atoms with van der Waals surface area (Å²) >= 11 is 0. The van der Waals surface area contributed by atoms with E-state index < -0.39 is 0 Å². The van der Waals surface area contributed by atoms with Crippen LogP contribution in [-0.4, -0.2) is 27.1 Å². The molecule has 0 N–H and O–H groups in total. The molecule has 0 amide bonds. The summed E-state index contributed by atoms with van der Waals surface area (Å²) in [6, 6.07) is 8.33. The monoisotopic (exact) mass is 278 g/mol. The minimum absolute atomic E-state index is 0.653. The highest BCUT2D eigenvalue weighted by atomic mass is 16.5. The van der Waals surface area contributed by atoms with E-state index >= 15 is 0 Å². The van der Waals surface area contributed by atoms with Crippen LogP contribution in [0.25, 0.3) is 0 Å². The molecule has 0 atom stereocenters. The van der Waals surface area contributed by atoms with Crippen LogP contribution < -0.4 is 0 Å². The third-order valence-corrected chi connectivity index (χ3v) is 2.41. The molecule has 112 valence electrons. The molecule has 1 aromatic carbocycles. The fourth-order valence-corrected chi connectivity index (χ4v) is 1.36. The van der Waals surface area contributed by atoms with E-state index in [1.54, 1.807) is 14.2 Å². The van der Waals surface area contributed by atoms with E-state index in [0.717, 1.165) is 25.7 Å². The second-order valence-corrected chi connectivity index (χ2v) is 3.89. The number of aldehydes is 1. The Morgan fingerprint density at radius 1 is 1.05 bits per heavy atom. The molecule has 1 rings (SSSR count). The van der Waals surface area contributed by atoms with Crippen molar-refractivity contribution in [1.29, 1.82) is 0 Å². The zero-order chi connectivity index (χ0) is 15.6. The van der Waals surface area contributed by atoms with E-state index in [1.807, 2.05) is 6.92 Å². The molecule has 0 saturated heterocycles. The summed E-state index contributed by atoms with van der Waals surface area (Å²) in [6.07, 6.45) is 11.5. The third-order valence-electron chi connectivity index (χ3n) is 2.41. The number of carbonyl (C=O) groups excluding carboxylic acids is 1. The Kier molecular flexibility index (Phi) is 18.0. The number of carbonyl (C=O) groups is 1. The van der Waals surface area contributed by atoms with Crippen LogP contribution in [0.4, 0.5) is 0 Å². The highest BCUT2D eigenvalue weighted by Crippen LogP contribution is 2.08. The van der Waals surface area contributed by atoms with E-state index in [9.17, 15) is 4.79 Å². The minimum Gasteiger partial charge on any atom is -0.385 e. The smallest absolute Gasteiger partial charge is 0.120 e. The zero-order valence-corrected chi connectivity index (χ0v) is 12.8. The van der Waals surface area contributed by atoms with Crippen LogP contribution in [0.1, 0.15) is 30.9 Å². The van der Waals surface area contributed by atoms with Crippen molar-refractivity contribution in [3.05, 3.63) is 35.4 Å². The van der Waals surface area contributed by atoms with Gasteiger partial charge >= 0.3 is 0 Å². The number of hydrogen-bond acceptors (Lipinski definition) is 3. The average Bonchev–Trinajstić information content (AvgIpc) is 2.52. The molecule has 0 heterocycles. The van der Waals surface area contributed by atoms with E-state index in [2.05, 4.69) is 41.8 Å². The summed E-state index contributed by atoms with van der Waals surface area (Å²) in [7, 11) is 3.37. The van der Waals surface area contributed by atoms with Crippen molar-refractivity contribution >= 4 is 6.29 Å². The van der Waals surface area contributed by atoms with E-state index in [-0.39, 0.29) is 0 Å². The van der Waals surface area contributed by atoms with Crippen LogP contribution >= 0.6 is 0 Å². The van der Waals surface area contributed by atoms with Crippen molar-refractivity contribution in [2.75, 3.05) is 20.8 Å². The summed E-state index contributed by atoms with van der Waals surface area (Å²) in [5.41, 5.74) is 2.47. The van der Waals surface area contributed by atoms with Gasteiger partial charge in [0.1, 0.15) is 6.29 Å². The van der Waals surface area contributed by atoms with Gasteiger partial charge in [-0.2, -0.15) is 0 Å². The number of rotatable bonds is 7. The molecule has 0 unspecified atom stereocenters. The zero-order valence-electron chi connectivity index (χ0n) is 12.8. The fraction of sp³-hybridized carbons (Fsp3) is 0.471. The van der Waals surface area contributed by atoms with Crippen molar-refractivity contribution in [3.8, 4) is 12.8 Å². The van der Waals surface area contributed by atoms with Gasteiger partial charge in [0.05, 0.1) is 6.61 Å². The molecule has 0 radical (unpaired) electrons. The minimum atomic E-state index is 0.653. The quantitative estimate of drug-likeness (QED) is 0.436. The molecule has 20 heavy (non-hydrogen) atoms. The Balaban J connectivity index is 0. The van der Waals surface area contributed by atoms with Gasteiger partial charge in [0.15, 0.2) is 0 Å². The predicted molar refractivity (Wildman–Crippen MR) is 83.6 cm³/mol. The van der Waals surface area contributed by atoms with Crippen LogP contribution in [0, 0.1) is 12.8 Å². The highest BCUT2D eigenvalue weighted by molar-refractivity contribution is 5.49. The lowest BCUT2D eigenvalue weighted by Crippen LogP contribution is -1.90. The highest BCUT2D eigenvalue weighted by Gasteiger charge is 1.94. The van der Waals surface area contributed by atoms with E-state index in [0.29, 0.717) is 13.0 Å². The van der Waals surface area contributed by atoms with Crippen LogP contribution in [-0.2, 0) is 27.3 Å². The first kappa shape index (κ1) is 20.7. The molecular formula is C17H26O3. The van der Waals surface area contributed by atoms with Gasteiger partial charge in [-0.1, -0.05) is 24.3 Å². The van der Waals surface area contributed by atoms with Crippen LogP contribution in [0.3, 0.4) is 0 Å². The molecule has 3 nitrogen and oxygen atoms in total. The number of hydrogen-bond donors (Lipinski definition) is 0. The Morgan fingerprint density at radius 3 is 1.95 bits per heavy atom. The van der Waals surface area contributed by atoms with Gasteiger partial charge in [0.2, 0.25) is 0 Å². The second kappa shape index (κ2) is 17.4. The topological polar surface area (TPSA) is 35.5 Å². The molecule has 0 saturated carbocycles. The fourth-order valence-electron chi connectivity index (χ4n) is 1.36. The maximum absolute atomic E-state index is 10.1. The standard InChI is InChI=1S/C12H16O2.C3H8O.C2H2/c1-14-10-12-7-5-11(6-8-12)4-2-3-9-13;1-3-4-2;1-2/h5-9H,2-4,10H2,1H3;3H2,1-2H3;1-2H. The number of ether oxygens (including phenoxy) is 2. The molecule has 0 aromatic heterocycles. The lowest BCUT2D eigenvalue weighted by atomic mass is 10.1. The first-order valence-electron chi connectivity index (χ1n) is 6.61. The van der Waals surface area contributed by atoms with Gasteiger partial charge in [0.25, 0.3) is 0 Å². The number of unbranched alkanes of at least 4 members (excludes halogenated alkanes) is 1. The number of methoxy groups -OCH3 is 2. The third kappa shape index (κ3) is 12.8. The summed E-state index contributed by atoms with van der Waals surface area (Å²) in [4.78, 5) is 10.1. The Morgan fingerprint density at radius 2 is 1.55 bits per heavy atom. The van der Waals surface area contributed by atoms with E-state index in [4.69, 9.17) is 4.74 Å². The molecule has 1 aromatic rings. The summed E-state index contributed by atoms with van der Waals surface area (Å²) in [5.74, 6) is 0. The van der Waals surface area contributed by atoms with Gasteiger partial charge < -0.3 is 14.3 Å². The lowest BCUT2D eigenvalue weighted by Gasteiger charge is -2.02. The molecule has 0 bridgehead atoms. The maximum Gasteiger partial charge on any atom is 0.120 e. The Bertz CT molecular complexity index is 326. The molecule has 0 fully saturated rings. The first-order chi connectivity index (χ1) is 9.78. The number of terminal acetylenes is 1. The molecule has 3 heteroatoms. The van der Waals surface area contributed by atoms with Crippen molar-refractivity contribution < 1.29 is 14.3 Å². The van der Waals surface area contributed by atoms with Crippen molar-refractivity contribution in [3.63, 3.8) is 0 Å². The lowest BCUT2D eigenvalue weighted by molar-refractivity contribution is -0.107. The summed E-state index contributed by atoms with van der Waals surface area (Å²) < 4.78 is 9.56. The Labute approximate surface area is 123 Å². The summed E-state index contributed by atoms with van der Waals surface area (Å²) in [6.45, 7) is 3.44. The largest absolute Gasteiger partial charge is 0.385 e. The molecular weight excluding hydrogens is 252 g/mol. The average molecular weight is 278 g/mol. The maximum atomic E-state index is 10.1. The van der Waals surface area contributed by atoms with Crippen LogP contribution in [0.2, 0.25) is 0 Å². The van der Waals surface area contributed by atoms with E-state index in [1.165, 1.54) is 11.1 Å². The van der Waals surface area contributed by atoms with Crippen LogP contribution in [0.15, 0.2) is 24.3 Å². The van der Waals surface area contributed by atoms with Crippen molar-refractivity contribution in [2.45, 2.75) is 32.8 Å². The van der Waals surface area contributed by atoms with Gasteiger partial charge in [0, 0.05) is 27.2 Å². The summed E-state index contributed by atoms with van der Waals surface area (Å²) in [5, 5.41) is 0. The van der Waals surface area contributed by atoms with Crippen molar-refractivity contribution in [1.82, 2.24) is 0 Å². The van der Waals surface area contributed by atoms with Gasteiger partial charge in [-0.25, -0.2) is 0 Å². The SMILES string of the molecule is C#C.CCOC.COCc1ccc(CCCC=O)cc1. The van der Waals surface area contributed by atoms with Crippen molar-refractivity contribution in [2.24, 2.45) is 0 Å². The van der Waals surface area contributed by atoms with Crippen LogP contribution in [0.5, 0.6) is 0 Å². The predicted octanol–water partition coefficient (Wildman–Crippen LogP) is 3.26. The molecule has 0 aliphatic heterocycles. The number of benzene rings is 1. The molecule has 0 aliphatic carbocycles. The van der Waals surface area contributed by atoms with Gasteiger partial charge in [-0.15, -0.1) is 12.8 Å². The Hall–Kier alpha value is -1.63. The van der Waals surface area contributed by atoms with Gasteiger partial charge in [-0.05, 0) is 30.9 Å². The second-order valence-electron chi connectivity index (χ2n) is 3.89. The van der Waals surface area contributed by atoms with Gasteiger partial charge in [-0.3, -0.25) is 0 Å². The first-order valence-corrected chi connectivity index (χ1v) is 6.61. The molecule has 0 spiro atoms. The molecule has 0 aliphatic rings. The number of aryl methyl sites for hydroxylation is 1. The normalized spacial score (nSPS) is 8.65.